The average Bonchev–Trinajstić information content (AvgIpc) is 2.41. The highest BCUT2D eigenvalue weighted by Gasteiger charge is 2.09. The second-order valence-electron chi connectivity index (χ2n) is 3.72. The summed E-state index contributed by atoms with van der Waals surface area (Å²) in [6.07, 6.45) is -0.694. The van der Waals surface area contributed by atoms with Crippen LogP contribution in [0.3, 0.4) is 0 Å². The van der Waals surface area contributed by atoms with Crippen LogP contribution in [0.2, 0.25) is 10.0 Å². The molecule has 1 atom stereocenters. The molecule has 0 bridgehead atoms. The van der Waals surface area contributed by atoms with Gasteiger partial charge in [-0.2, -0.15) is 0 Å². The zero-order valence-corrected chi connectivity index (χ0v) is 12.3. The van der Waals surface area contributed by atoms with Gasteiger partial charge in [-0.25, -0.2) is 0 Å². The van der Waals surface area contributed by atoms with Gasteiger partial charge >= 0.3 is 0 Å². The van der Waals surface area contributed by atoms with Crippen LogP contribution in [0.4, 0.5) is 0 Å². The van der Waals surface area contributed by atoms with Gasteiger partial charge in [0.2, 0.25) is 0 Å². The van der Waals surface area contributed by atoms with E-state index in [2.05, 4.69) is 15.6 Å². The normalized spacial score (nSPS) is 13.0. The first-order valence-corrected chi connectivity index (χ1v) is 6.47. The summed E-state index contributed by atoms with van der Waals surface area (Å²) in [7, 11) is 3.39. The number of hydrogen-bond acceptors (Lipinski definition) is 3. The molecule has 0 radical (unpaired) electrons. The molecule has 0 aliphatic carbocycles. The smallest absolute Gasteiger partial charge is 0.190 e. The first-order valence-electron chi connectivity index (χ1n) is 5.71. The molecule has 5 nitrogen and oxygen atoms in total. The standard InChI is InChI=1S/C12H17Cl2N3O2/c1-15-12(16-2)17-6-8(18)7-19-10-5-3-4-9(13)11(10)14/h3-5,8,18H,6-7H2,1-2H3,(H2,15,16,17)/t8-/m0/s1. The van der Waals surface area contributed by atoms with Crippen molar-refractivity contribution < 1.29 is 9.84 Å². The van der Waals surface area contributed by atoms with Crippen LogP contribution in [-0.4, -0.2) is 44.4 Å². The van der Waals surface area contributed by atoms with E-state index in [9.17, 15) is 5.11 Å². The Morgan fingerprint density at radius 1 is 1.47 bits per heavy atom. The van der Waals surface area contributed by atoms with Gasteiger partial charge in [-0.1, -0.05) is 29.3 Å². The van der Waals surface area contributed by atoms with Gasteiger partial charge in [0.05, 0.1) is 5.02 Å². The largest absolute Gasteiger partial charge is 0.489 e. The number of guanidine groups is 1. The van der Waals surface area contributed by atoms with E-state index in [-0.39, 0.29) is 6.61 Å². The van der Waals surface area contributed by atoms with Crippen molar-refractivity contribution in [2.24, 2.45) is 4.99 Å². The lowest BCUT2D eigenvalue weighted by Gasteiger charge is -2.15. The van der Waals surface area contributed by atoms with Crippen LogP contribution in [-0.2, 0) is 0 Å². The highest BCUT2D eigenvalue weighted by molar-refractivity contribution is 6.42. The van der Waals surface area contributed by atoms with Crippen molar-refractivity contribution in [3.8, 4) is 5.75 Å². The quantitative estimate of drug-likeness (QED) is 0.570. The monoisotopic (exact) mass is 305 g/mol. The van der Waals surface area contributed by atoms with Gasteiger partial charge in [-0.15, -0.1) is 0 Å². The number of benzene rings is 1. The van der Waals surface area contributed by atoms with Gasteiger partial charge in [0.25, 0.3) is 0 Å². The van der Waals surface area contributed by atoms with Crippen LogP contribution in [0.5, 0.6) is 5.75 Å². The van der Waals surface area contributed by atoms with Crippen LogP contribution in [0.25, 0.3) is 0 Å². The van der Waals surface area contributed by atoms with Gasteiger partial charge in [-0.3, -0.25) is 4.99 Å². The highest BCUT2D eigenvalue weighted by atomic mass is 35.5. The number of nitrogens with one attached hydrogen (secondary N) is 2. The van der Waals surface area contributed by atoms with E-state index in [0.29, 0.717) is 28.3 Å². The Balaban J connectivity index is 2.42. The molecule has 106 valence electrons. The number of nitrogens with zero attached hydrogens (tertiary/aromatic N) is 1. The van der Waals surface area contributed by atoms with E-state index < -0.39 is 6.10 Å². The van der Waals surface area contributed by atoms with Crippen LogP contribution < -0.4 is 15.4 Å². The van der Waals surface area contributed by atoms with Crippen molar-refractivity contribution >= 4 is 29.2 Å². The number of rotatable bonds is 5. The molecule has 0 spiro atoms. The van der Waals surface area contributed by atoms with Gasteiger partial charge < -0.3 is 20.5 Å². The maximum Gasteiger partial charge on any atom is 0.190 e. The van der Waals surface area contributed by atoms with Crippen molar-refractivity contribution in [3.63, 3.8) is 0 Å². The number of aliphatic hydroxyl groups is 1. The van der Waals surface area contributed by atoms with Crippen molar-refractivity contribution in [3.05, 3.63) is 28.2 Å². The summed E-state index contributed by atoms with van der Waals surface area (Å²) in [4.78, 5) is 3.93. The summed E-state index contributed by atoms with van der Waals surface area (Å²) in [5.74, 6) is 1.05. The molecular formula is C12H17Cl2N3O2. The summed E-state index contributed by atoms with van der Waals surface area (Å²) >= 11 is 11.8. The van der Waals surface area contributed by atoms with Crippen molar-refractivity contribution in [2.75, 3.05) is 27.2 Å². The molecule has 0 saturated heterocycles. The van der Waals surface area contributed by atoms with E-state index in [1.807, 2.05) is 0 Å². The fourth-order valence-corrected chi connectivity index (χ4v) is 1.68. The Morgan fingerprint density at radius 2 is 2.21 bits per heavy atom. The Morgan fingerprint density at radius 3 is 2.84 bits per heavy atom. The fourth-order valence-electron chi connectivity index (χ4n) is 1.33. The number of aliphatic hydroxyl groups excluding tert-OH is 1. The molecule has 0 unspecified atom stereocenters. The first-order chi connectivity index (χ1) is 9.08. The number of aliphatic imine (C=N–C) groups is 1. The molecule has 19 heavy (non-hydrogen) atoms. The summed E-state index contributed by atoms with van der Waals surface area (Å²) < 4.78 is 5.41. The molecule has 1 aromatic rings. The molecule has 0 heterocycles. The Labute approximate surface area is 122 Å². The number of hydrogen-bond donors (Lipinski definition) is 3. The minimum atomic E-state index is -0.694. The molecule has 0 aliphatic heterocycles. The molecule has 0 aromatic heterocycles. The van der Waals surface area contributed by atoms with Crippen LogP contribution >= 0.6 is 23.2 Å². The van der Waals surface area contributed by atoms with Crippen LogP contribution in [0.1, 0.15) is 0 Å². The van der Waals surface area contributed by atoms with Crippen molar-refractivity contribution in [1.29, 1.82) is 0 Å². The lowest BCUT2D eigenvalue weighted by Crippen LogP contribution is -2.41. The van der Waals surface area contributed by atoms with Crippen molar-refractivity contribution in [1.82, 2.24) is 10.6 Å². The topological polar surface area (TPSA) is 65.9 Å². The second-order valence-corrected chi connectivity index (χ2v) is 4.51. The molecule has 3 N–H and O–H groups in total. The second kappa shape index (κ2) is 8.09. The minimum absolute atomic E-state index is 0.105. The average molecular weight is 306 g/mol. The summed E-state index contributed by atoms with van der Waals surface area (Å²) in [5, 5.41) is 16.3. The van der Waals surface area contributed by atoms with Gasteiger partial charge in [0.15, 0.2) is 5.96 Å². The third kappa shape index (κ3) is 5.14. The van der Waals surface area contributed by atoms with Crippen molar-refractivity contribution in [2.45, 2.75) is 6.10 Å². The fraction of sp³-hybridized carbons (Fsp3) is 0.417. The zero-order chi connectivity index (χ0) is 14.3. The van der Waals surface area contributed by atoms with E-state index in [1.54, 1.807) is 32.3 Å². The SMILES string of the molecule is CN=C(NC)NC[C@H](O)COc1cccc(Cl)c1Cl. The predicted molar refractivity (Wildman–Crippen MR) is 78.4 cm³/mol. The number of ether oxygens (including phenoxy) is 1. The third-order valence-corrected chi connectivity index (χ3v) is 3.11. The maximum absolute atomic E-state index is 9.76. The predicted octanol–water partition coefficient (Wildman–Crippen LogP) is 1.53. The summed E-state index contributed by atoms with van der Waals surface area (Å²) in [5.41, 5.74) is 0. The van der Waals surface area contributed by atoms with E-state index >= 15 is 0 Å². The molecular weight excluding hydrogens is 289 g/mol. The zero-order valence-electron chi connectivity index (χ0n) is 10.8. The summed E-state index contributed by atoms with van der Waals surface area (Å²) in [6.45, 7) is 0.416. The molecule has 0 amide bonds. The molecule has 1 aromatic carbocycles. The Hall–Kier alpha value is -1.17. The lowest BCUT2D eigenvalue weighted by atomic mass is 10.3. The van der Waals surface area contributed by atoms with Gasteiger partial charge in [-0.05, 0) is 12.1 Å². The molecule has 1 rings (SSSR count). The molecule has 7 heteroatoms. The molecule has 0 fully saturated rings. The molecule has 0 aliphatic rings. The Kier molecular flexibility index (Phi) is 6.77. The lowest BCUT2D eigenvalue weighted by molar-refractivity contribution is 0.110. The van der Waals surface area contributed by atoms with Crippen LogP contribution in [0.15, 0.2) is 23.2 Å². The molecule has 0 saturated carbocycles. The van der Waals surface area contributed by atoms with Crippen LogP contribution in [0, 0.1) is 0 Å². The Bertz CT molecular complexity index is 441. The van der Waals surface area contributed by atoms with E-state index in [4.69, 9.17) is 27.9 Å². The van der Waals surface area contributed by atoms with E-state index in [0.717, 1.165) is 0 Å². The summed E-state index contributed by atoms with van der Waals surface area (Å²) in [6, 6.07) is 5.10. The first kappa shape index (κ1) is 15.9. The number of halogens is 2. The minimum Gasteiger partial charge on any atom is -0.489 e. The third-order valence-electron chi connectivity index (χ3n) is 2.31. The van der Waals surface area contributed by atoms with Gasteiger partial charge in [0, 0.05) is 20.6 Å². The van der Waals surface area contributed by atoms with E-state index in [1.165, 1.54) is 0 Å². The highest BCUT2D eigenvalue weighted by Crippen LogP contribution is 2.31. The van der Waals surface area contributed by atoms with Gasteiger partial charge in [0.1, 0.15) is 23.5 Å². The maximum atomic E-state index is 9.76.